The Morgan fingerprint density at radius 2 is 2.00 bits per heavy atom. The van der Waals surface area contributed by atoms with Gasteiger partial charge in [0, 0.05) is 44.2 Å². The number of nitrogens with zero attached hydrogens (tertiary/aromatic N) is 3. The highest BCUT2D eigenvalue weighted by atomic mass is 32.2. The van der Waals surface area contributed by atoms with Crippen molar-refractivity contribution in [1.82, 2.24) is 13.9 Å². The van der Waals surface area contributed by atoms with Crippen LogP contribution in [0.25, 0.3) is 11.0 Å². The van der Waals surface area contributed by atoms with E-state index in [1.807, 2.05) is 24.3 Å². The van der Waals surface area contributed by atoms with E-state index in [0.29, 0.717) is 43.1 Å². The minimum Gasteiger partial charge on any atom is -0.489 e. The van der Waals surface area contributed by atoms with Crippen LogP contribution in [0.4, 0.5) is 5.69 Å². The number of rotatable bonds is 11. The van der Waals surface area contributed by atoms with Crippen molar-refractivity contribution < 1.29 is 17.9 Å². The van der Waals surface area contributed by atoms with Crippen molar-refractivity contribution >= 4 is 32.7 Å². The van der Waals surface area contributed by atoms with Gasteiger partial charge < -0.3 is 14.6 Å². The van der Waals surface area contributed by atoms with Crippen molar-refractivity contribution in [2.45, 2.75) is 50.5 Å². The molecule has 0 atom stereocenters. The molecule has 2 heterocycles. The summed E-state index contributed by atoms with van der Waals surface area (Å²) in [5, 5.41) is 2.91. The molecule has 0 bridgehead atoms. The molecule has 1 fully saturated rings. The molecule has 4 rings (SSSR count). The fraction of sp³-hybridized carbons (Fsp3) is 0.385. The monoisotopic (exact) mass is 496 g/mol. The smallest absolute Gasteiger partial charge is 0.243 e. The van der Waals surface area contributed by atoms with Crippen LogP contribution in [0.2, 0.25) is 0 Å². The Hall–Kier alpha value is -3.17. The lowest BCUT2D eigenvalue weighted by Gasteiger charge is -2.15. The van der Waals surface area contributed by atoms with E-state index in [1.54, 1.807) is 28.6 Å². The number of hydrogen-bond acceptors (Lipinski definition) is 5. The minimum atomic E-state index is -3.51. The molecular formula is C26H32N4O4S. The van der Waals surface area contributed by atoms with E-state index >= 15 is 0 Å². The van der Waals surface area contributed by atoms with Crippen LogP contribution < -0.4 is 10.1 Å². The summed E-state index contributed by atoms with van der Waals surface area (Å²) in [6, 6.07) is 12.4. The topological polar surface area (TPSA) is 93.5 Å². The van der Waals surface area contributed by atoms with Gasteiger partial charge in [0.2, 0.25) is 15.9 Å². The van der Waals surface area contributed by atoms with E-state index in [2.05, 4.69) is 23.4 Å². The molecule has 0 spiro atoms. The van der Waals surface area contributed by atoms with Crippen LogP contribution >= 0.6 is 0 Å². The molecule has 1 aliphatic rings. The van der Waals surface area contributed by atoms with Gasteiger partial charge in [-0.3, -0.25) is 4.79 Å². The number of aryl methyl sites for hydroxylation is 2. The summed E-state index contributed by atoms with van der Waals surface area (Å²) >= 11 is 0. The van der Waals surface area contributed by atoms with Gasteiger partial charge in [-0.2, -0.15) is 4.31 Å². The van der Waals surface area contributed by atoms with Gasteiger partial charge in [0.1, 0.15) is 18.2 Å². The number of imidazole rings is 1. The number of nitrogens with one attached hydrogen (secondary N) is 1. The lowest BCUT2D eigenvalue weighted by atomic mass is 10.2. The number of hydrogen-bond donors (Lipinski definition) is 1. The second kappa shape index (κ2) is 11.0. The lowest BCUT2D eigenvalue weighted by molar-refractivity contribution is -0.116. The van der Waals surface area contributed by atoms with Crippen molar-refractivity contribution in [3.8, 4) is 5.75 Å². The summed E-state index contributed by atoms with van der Waals surface area (Å²) in [6.45, 7) is 7.98. The van der Waals surface area contributed by atoms with E-state index in [1.165, 1.54) is 0 Å². The van der Waals surface area contributed by atoms with Gasteiger partial charge in [-0.05, 0) is 49.6 Å². The number of carbonyl (C=O) groups excluding carboxylic acids is 1. The number of anilines is 1. The molecule has 0 saturated carbocycles. The Morgan fingerprint density at radius 1 is 1.20 bits per heavy atom. The Kier molecular flexibility index (Phi) is 7.87. The Bertz CT molecular complexity index is 1310. The minimum absolute atomic E-state index is 0.127. The molecular weight excluding hydrogens is 464 g/mol. The molecule has 1 aromatic heterocycles. The molecule has 186 valence electrons. The summed E-state index contributed by atoms with van der Waals surface area (Å²) in [7, 11) is -3.51. The second-order valence-electron chi connectivity index (χ2n) is 8.62. The molecule has 1 amide bonds. The van der Waals surface area contributed by atoms with Crippen LogP contribution in [-0.2, 0) is 27.8 Å². The maximum absolute atomic E-state index is 13.0. The summed E-state index contributed by atoms with van der Waals surface area (Å²) in [5.74, 6) is 1.31. The lowest BCUT2D eigenvalue weighted by Crippen LogP contribution is -2.27. The average molecular weight is 497 g/mol. The van der Waals surface area contributed by atoms with Crippen molar-refractivity contribution in [2.75, 3.05) is 25.0 Å². The van der Waals surface area contributed by atoms with Gasteiger partial charge in [-0.15, -0.1) is 0 Å². The van der Waals surface area contributed by atoms with E-state index in [4.69, 9.17) is 9.72 Å². The maximum Gasteiger partial charge on any atom is 0.243 e. The standard InChI is InChI=1S/C26H32N4O4S/c1-3-14-30-24-11-10-22(35(32,33)29-15-5-6-16-29)19-23(24)28-25(30)12-13-26(31)27-20-8-7-9-21(18-20)34-17-4-2/h4,7-11,18-19H,2-3,5-6,12-17H2,1H3,(H,27,31). The van der Waals surface area contributed by atoms with E-state index < -0.39 is 10.0 Å². The SMILES string of the molecule is C=CCOc1cccc(NC(=O)CCc2nc3cc(S(=O)(=O)N4CCCC4)ccc3n2CCC)c1. The van der Waals surface area contributed by atoms with Gasteiger partial charge in [0.25, 0.3) is 0 Å². The quantitative estimate of drug-likeness (QED) is 0.398. The normalized spacial score (nSPS) is 14.3. The third kappa shape index (κ3) is 5.74. The largest absolute Gasteiger partial charge is 0.489 e. The highest BCUT2D eigenvalue weighted by Gasteiger charge is 2.27. The van der Waals surface area contributed by atoms with Crippen LogP contribution in [0.1, 0.15) is 38.4 Å². The Labute approximate surface area is 206 Å². The molecule has 1 saturated heterocycles. The van der Waals surface area contributed by atoms with Crippen LogP contribution in [0.5, 0.6) is 5.75 Å². The highest BCUT2D eigenvalue weighted by molar-refractivity contribution is 7.89. The number of sulfonamides is 1. The zero-order valence-electron chi connectivity index (χ0n) is 20.1. The summed E-state index contributed by atoms with van der Waals surface area (Å²) < 4.78 is 35.1. The summed E-state index contributed by atoms with van der Waals surface area (Å²) in [5.41, 5.74) is 2.19. The number of ether oxygens (including phenoxy) is 1. The van der Waals surface area contributed by atoms with Crippen molar-refractivity contribution in [1.29, 1.82) is 0 Å². The van der Waals surface area contributed by atoms with E-state index in [9.17, 15) is 13.2 Å². The molecule has 0 aliphatic carbocycles. The summed E-state index contributed by atoms with van der Waals surface area (Å²) in [4.78, 5) is 17.6. The fourth-order valence-electron chi connectivity index (χ4n) is 4.33. The number of carbonyl (C=O) groups is 1. The zero-order valence-corrected chi connectivity index (χ0v) is 20.9. The van der Waals surface area contributed by atoms with Gasteiger partial charge in [-0.1, -0.05) is 25.6 Å². The Balaban J connectivity index is 1.49. The first-order chi connectivity index (χ1) is 16.9. The summed E-state index contributed by atoms with van der Waals surface area (Å²) in [6.07, 6.45) is 5.05. The van der Waals surface area contributed by atoms with Crippen molar-refractivity contribution in [3.05, 3.63) is 60.9 Å². The van der Waals surface area contributed by atoms with Gasteiger partial charge in [0.15, 0.2) is 0 Å². The molecule has 1 aliphatic heterocycles. The van der Waals surface area contributed by atoms with Crippen LogP contribution in [0.3, 0.4) is 0 Å². The maximum atomic E-state index is 13.0. The molecule has 35 heavy (non-hydrogen) atoms. The number of aromatic nitrogens is 2. The number of fused-ring (bicyclic) bond motifs is 1. The Morgan fingerprint density at radius 3 is 2.74 bits per heavy atom. The first-order valence-electron chi connectivity index (χ1n) is 12.1. The molecule has 3 aromatic rings. The zero-order chi connectivity index (χ0) is 24.8. The first-order valence-corrected chi connectivity index (χ1v) is 13.5. The van der Waals surface area contributed by atoms with Gasteiger partial charge >= 0.3 is 0 Å². The van der Waals surface area contributed by atoms with E-state index in [-0.39, 0.29) is 17.2 Å². The predicted molar refractivity (Wildman–Crippen MR) is 137 cm³/mol. The number of benzene rings is 2. The highest BCUT2D eigenvalue weighted by Crippen LogP contribution is 2.26. The second-order valence-corrected chi connectivity index (χ2v) is 10.6. The van der Waals surface area contributed by atoms with Gasteiger partial charge in [0.05, 0.1) is 15.9 Å². The molecule has 2 aromatic carbocycles. The van der Waals surface area contributed by atoms with Crippen LogP contribution in [0, 0.1) is 0 Å². The third-order valence-corrected chi connectivity index (χ3v) is 7.90. The molecule has 9 heteroatoms. The van der Waals surface area contributed by atoms with Crippen molar-refractivity contribution in [2.24, 2.45) is 0 Å². The average Bonchev–Trinajstić information content (AvgIpc) is 3.51. The van der Waals surface area contributed by atoms with Crippen LogP contribution in [-0.4, -0.2) is 47.9 Å². The van der Waals surface area contributed by atoms with Gasteiger partial charge in [-0.25, -0.2) is 13.4 Å². The molecule has 8 nitrogen and oxygen atoms in total. The third-order valence-electron chi connectivity index (χ3n) is 6.01. The first kappa shape index (κ1) is 24.9. The van der Waals surface area contributed by atoms with E-state index in [0.717, 1.165) is 37.1 Å². The van der Waals surface area contributed by atoms with Crippen molar-refractivity contribution in [3.63, 3.8) is 0 Å². The molecule has 1 N–H and O–H groups in total. The molecule has 0 radical (unpaired) electrons. The number of amides is 1. The fourth-order valence-corrected chi connectivity index (χ4v) is 5.87. The van der Waals surface area contributed by atoms with Crippen LogP contribution in [0.15, 0.2) is 60.0 Å². The molecule has 0 unspecified atom stereocenters. The predicted octanol–water partition coefficient (Wildman–Crippen LogP) is 4.37.